The van der Waals surface area contributed by atoms with Gasteiger partial charge in [-0.2, -0.15) is 0 Å². The highest BCUT2D eigenvalue weighted by molar-refractivity contribution is 6.32. The predicted molar refractivity (Wildman–Crippen MR) is 66.9 cm³/mol. The number of aromatic carboxylic acids is 1. The molecule has 1 aliphatic carbocycles. The Morgan fingerprint density at radius 2 is 2.17 bits per heavy atom. The van der Waals surface area contributed by atoms with E-state index in [1.165, 1.54) is 0 Å². The van der Waals surface area contributed by atoms with Gasteiger partial charge in [0.2, 0.25) is 5.82 Å². The topological polar surface area (TPSA) is 105 Å². The number of H-pyrrole nitrogens is 1. The molecule has 0 bridgehead atoms. The summed E-state index contributed by atoms with van der Waals surface area (Å²) in [7, 11) is 0. The molecule has 0 spiro atoms. The predicted octanol–water partition coefficient (Wildman–Crippen LogP) is 1.94. The molecule has 1 fully saturated rings. The molecule has 0 unspecified atom stereocenters. The molecule has 0 aliphatic heterocycles. The number of fused-ring (bicyclic) bond motifs is 1. The van der Waals surface area contributed by atoms with Crippen LogP contribution in [-0.2, 0) is 5.41 Å². The highest BCUT2D eigenvalue weighted by Gasteiger charge is 2.43. The maximum atomic E-state index is 10.9. The number of aromatic amines is 1. The maximum Gasteiger partial charge on any atom is 0.374 e. The van der Waals surface area contributed by atoms with Crippen LogP contribution in [0.4, 0.5) is 5.82 Å². The number of carboxylic acids is 1. The van der Waals surface area contributed by atoms with Crippen LogP contribution in [0.3, 0.4) is 0 Å². The third-order valence-electron chi connectivity index (χ3n) is 3.43. The molecule has 94 valence electrons. The summed E-state index contributed by atoms with van der Waals surface area (Å²) in [5.74, 6) is -1.39. The first-order valence-electron chi connectivity index (χ1n) is 5.51. The molecule has 2 heterocycles. The van der Waals surface area contributed by atoms with E-state index in [2.05, 4.69) is 21.9 Å². The van der Waals surface area contributed by atoms with E-state index < -0.39 is 5.97 Å². The van der Waals surface area contributed by atoms with E-state index >= 15 is 0 Å². The Hall–Kier alpha value is -1.82. The van der Waals surface area contributed by atoms with Crippen LogP contribution in [-0.4, -0.2) is 26.0 Å². The lowest BCUT2D eigenvalue weighted by molar-refractivity contribution is 0.0684. The van der Waals surface area contributed by atoms with Crippen molar-refractivity contribution in [1.29, 1.82) is 0 Å². The van der Waals surface area contributed by atoms with Crippen molar-refractivity contribution in [2.24, 2.45) is 0 Å². The van der Waals surface area contributed by atoms with Crippen LogP contribution in [0.5, 0.6) is 0 Å². The number of nitrogen functional groups attached to an aromatic ring is 1. The molecule has 4 N–H and O–H groups in total. The fraction of sp³-hybridized carbons (Fsp3) is 0.364. The third kappa shape index (κ3) is 1.45. The number of anilines is 1. The Morgan fingerprint density at radius 1 is 1.50 bits per heavy atom. The van der Waals surface area contributed by atoms with E-state index in [0.29, 0.717) is 16.2 Å². The molecular weight excluding hydrogens is 256 g/mol. The van der Waals surface area contributed by atoms with Crippen LogP contribution in [0.15, 0.2) is 0 Å². The number of rotatable bonds is 2. The van der Waals surface area contributed by atoms with Gasteiger partial charge in [0.15, 0.2) is 0 Å². The van der Waals surface area contributed by atoms with Crippen molar-refractivity contribution in [2.45, 2.75) is 25.2 Å². The molecule has 1 aliphatic rings. The highest BCUT2D eigenvalue weighted by atomic mass is 35.5. The average Bonchev–Trinajstić information content (AvgIpc) is 2.90. The Morgan fingerprint density at radius 3 is 2.72 bits per heavy atom. The summed E-state index contributed by atoms with van der Waals surface area (Å²) in [6.07, 6.45) is 2.06. The fourth-order valence-electron chi connectivity index (χ4n) is 2.19. The maximum absolute atomic E-state index is 10.9. The van der Waals surface area contributed by atoms with E-state index in [1.54, 1.807) is 0 Å². The van der Waals surface area contributed by atoms with Crippen molar-refractivity contribution in [2.75, 3.05) is 5.73 Å². The zero-order chi connectivity index (χ0) is 13.1. The van der Waals surface area contributed by atoms with Gasteiger partial charge in [-0.25, -0.2) is 14.8 Å². The summed E-state index contributed by atoms with van der Waals surface area (Å²) in [6.45, 7) is 2.09. The normalized spacial score (nSPS) is 17.0. The lowest BCUT2D eigenvalue weighted by atomic mass is 9.99. The van der Waals surface area contributed by atoms with Gasteiger partial charge in [-0.3, -0.25) is 0 Å². The number of hydrogen-bond acceptors (Lipinski definition) is 4. The Kier molecular flexibility index (Phi) is 2.10. The minimum absolute atomic E-state index is 0.00243. The largest absolute Gasteiger partial charge is 0.475 e. The first-order chi connectivity index (χ1) is 8.42. The van der Waals surface area contributed by atoms with Gasteiger partial charge < -0.3 is 15.8 Å². The van der Waals surface area contributed by atoms with Crippen molar-refractivity contribution in [1.82, 2.24) is 15.0 Å². The Bertz CT molecular complexity index is 675. The second-order valence-electron chi connectivity index (χ2n) is 4.84. The van der Waals surface area contributed by atoms with Gasteiger partial charge in [-0.1, -0.05) is 18.5 Å². The minimum Gasteiger partial charge on any atom is -0.475 e. The van der Waals surface area contributed by atoms with E-state index in [0.717, 1.165) is 18.4 Å². The first kappa shape index (κ1) is 11.3. The Balaban J connectivity index is 2.33. The van der Waals surface area contributed by atoms with Gasteiger partial charge in [0.25, 0.3) is 0 Å². The van der Waals surface area contributed by atoms with Crippen LogP contribution in [0.1, 0.15) is 35.9 Å². The number of nitrogens with zero attached hydrogens (tertiary/aromatic N) is 2. The fourth-order valence-corrected chi connectivity index (χ4v) is 2.60. The number of carboxylic acid groups (broad SMARTS) is 1. The summed E-state index contributed by atoms with van der Waals surface area (Å²) in [5, 5.41) is 10.00. The second kappa shape index (κ2) is 3.35. The van der Waals surface area contributed by atoms with Crippen molar-refractivity contribution in [3.05, 3.63) is 16.5 Å². The second-order valence-corrected chi connectivity index (χ2v) is 5.21. The number of nitrogens with two attached hydrogens (primary N) is 1. The van der Waals surface area contributed by atoms with Crippen molar-refractivity contribution < 1.29 is 9.90 Å². The molecule has 2 aromatic heterocycles. The molecular formula is C11H11ClN4O2. The molecule has 18 heavy (non-hydrogen) atoms. The van der Waals surface area contributed by atoms with Crippen molar-refractivity contribution in [3.8, 4) is 0 Å². The number of aromatic nitrogens is 3. The summed E-state index contributed by atoms with van der Waals surface area (Å²) >= 11 is 6.17. The van der Waals surface area contributed by atoms with Crippen molar-refractivity contribution in [3.63, 3.8) is 0 Å². The van der Waals surface area contributed by atoms with E-state index in [4.69, 9.17) is 22.4 Å². The summed E-state index contributed by atoms with van der Waals surface area (Å²) in [4.78, 5) is 21.5. The van der Waals surface area contributed by atoms with E-state index in [-0.39, 0.29) is 17.1 Å². The monoisotopic (exact) mass is 266 g/mol. The number of carbonyl (C=O) groups is 1. The summed E-state index contributed by atoms with van der Waals surface area (Å²) < 4.78 is 0. The summed E-state index contributed by atoms with van der Waals surface area (Å²) in [6, 6.07) is 0. The number of halogens is 1. The molecule has 0 amide bonds. The third-order valence-corrected chi connectivity index (χ3v) is 3.71. The molecule has 0 radical (unpaired) electrons. The molecule has 6 nitrogen and oxygen atoms in total. The zero-order valence-electron chi connectivity index (χ0n) is 9.62. The van der Waals surface area contributed by atoms with Crippen LogP contribution in [0, 0.1) is 0 Å². The quantitative estimate of drug-likeness (QED) is 0.770. The van der Waals surface area contributed by atoms with Crippen LogP contribution in [0.25, 0.3) is 11.0 Å². The van der Waals surface area contributed by atoms with Gasteiger partial charge in [0.05, 0.1) is 5.39 Å². The number of hydrogen-bond donors (Lipinski definition) is 3. The molecule has 3 rings (SSSR count). The first-order valence-corrected chi connectivity index (χ1v) is 5.88. The molecule has 1 saturated carbocycles. The van der Waals surface area contributed by atoms with E-state index in [1.807, 2.05) is 0 Å². The van der Waals surface area contributed by atoms with Crippen LogP contribution in [0.2, 0.25) is 5.15 Å². The van der Waals surface area contributed by atoms with Crippen molar-refractivity contribution >= 4 is 34.4 Å². The molecule has 0 atom stereocenters. The summed E-state index contributed by atoms with van der Waals surface area (Å²) in [5.41, 5.74) is 7.12. The van der Waals surface area contributed by atoms with E-state index in [9.17, 15) is 4.79 Å². The lowest BCUT2D eigenvalue weighted by Crippen LogP contribution is -2.08. The average molecular weight is 267 g/mol. The lowest BCUT2D eigenvalue weighted by Gasteiger charge is -2.08. The van der Waals surface area contributed by atoms with Gasteiger partial charge >= 0.3 is 5.97 Å². The Labute approximate surface area is 107 Å². The number of nitrogens with one attached hydrogen (secondary N) is 1. The molecule has 2 aromatic rings. The standard InChI is InChI=1S/C11H11ClN4O2/c1-11(2-3-11)5-4-7(13)15-9(10(17)18)16-8(4)14-6(5)12/h2-3H2,1H3,(H,17,18)(H3,13,14,15,16). The van der Waals surface area contributed by atoms with Gasteiger partial charge in [0.1, 0.15) is 16.6 Å². The van der Waals surface area contributed by atoms with Crippen LogP contribution < -0.4 is 5.73 Å². The smallest absolute Gasteiger partial charge is 0.374 e. The van der Waals surface area contributed by atoms with Crippen LogP contribution >= 0.6 is 11.6 Å². The SMILES string of the molecule is CC1(c2c(Cl)[nH]c3nc(C(=O)O)nc(N)c23)CC1. The highest BCUT2D eigenvalue weighted by Crippen LogP contribution is 2.52. The van der Waals surface area contributed by atoms with Gasteiger partial charge in [0, 0.05) is 5.56 Å². The van der Waals surface area contributed by atoms with Gasteiger partial charge in [-0.15, -0.1) is 0 Å². The molecule has 0 saturated heterocycles. The zero-order valence-corrected chi connectivity index (χ0v) is 10.4. The molecule has 7 heteroatoms. The minimum atomic E-state index is -1.21. The van der Waals surface area contributed by atoms with Gasteiger partial charge in [-0.05, 0) is 18.3 Å². The molecule has 0 aromatic carbocycles.